The van der Waals surface area contributed by atoms with E-state index in [0.717, 1.165) is 25.8 Å². The molecule has 0 fully saturated rings. The Morgan fingerprint density at radius 1 is 1.44 bits per heavy atom. The summed E-state index contributed by atoms with van der Waals surface area (Å²) in [5.74, 6) is 0.205. The molecule has 2 nitrogen and oxygen atoms in total. The molecule has 1 radical (unpaired) electrons. The van der Waals surface area contributed by atoms with Gasteiger partial charge in [0.2, 0.25) is 0 Å². The van der Waals surface area contributed by atoms with Crippen LogP contribution >= 0.6 is 0 Å². The third-order valence-corrected chi connectivity index (χ3v) is 1.32. The molecule has 1 unspecified atom stereocenters. The first-order valence-corrected chi connectivity index (χ1v) is 3.45. The van der Waals surface area contributed by atoms with Crippen LogP contribution in [0.4, 0.5) is 0 Å². The molecule has 9 heavy (non-hydrogen) atoms. The molecule has 0 amide bonds. The minimum absolute atomic E-state index is 0.199. The molecule has 0 aromatic carbocycles. The number of aliphatic hydroxyl groups excluding tert-OH is 1. The highest BCUT2D eigenvalue weighted by atomic mass is 16.3. The van der Waals surface area contributed by atoms with Gasteiger partial charge >= 0.3 is 0 Å². The molecular formula is C7H16NO. The molecule has 0 aliphatic rings. The smallest absolute Gasteiger partial charge is 0.0459 e. The predicted octanol–water partition coefficient (Wildman–Crippen LogP) is 0.558. The van der Waals surface area contributed by atoms with E-state index in [2.05, 4.69) is 6.92 Å². The molecule has 0 aliphatic carbocycles. The fourth-order valence-electron chi connectivity index (χ4n) is 0.669. The maximum Gasteiger partial charge on any atom is 0.0459 e. The Bertz CT molecular complexity index is 56.9. The summed E-state index contributed by atoms with van der Waals surface area (Å²) in [7, 11) is 0. The summed E-state index contributed by atoms with van der Waals surface area (Å²) in [6.07, 6.45) is 3.13. The third kappa shape index (κ3) is 5.80. The van der Waals surface area contributed by atoms with Crippen molar-refractivity contribution in [2.24, 2.45) is 11.7 Å². The lowest BCUT2D eigenvalue weighted by Crippen LogP contribution is -2.03. The van der Waals surface area contributed by atoms with Gasteiger partial charge in [0.25, 0.3) is 0 Å². The van der Waals surface area contributed by atoms with E-state index in [0.29, 0.717) is 0 Å². The van der Waals surface area contributed by atoms with Gasteiger partial charge in [-0.05, 0) is 32.2 Å². The van der Waals surface area contributed by atoms with Crippen molar-refractivity contribution < 1.29 is 5.11 Å². The van der Waals surface area contributed by atoms with Gasteiger partial charge in [-0.1, -0.05) is 6.42 Å². The summed E-state index contributed by atoms with van der Waals surface area (Å²) in [5, 5.41) is 8.54. The van der Waals surface area contributed by atoms with Crippen LogP contribution in [0.5, 0.6) is 0 Å². The fourth-order valence-corrected chi connectivity index (χ4v) is 0.669. The molecule has 0 rings (SSSR count). The first-order chi connectivity index (χ1) is 4.31. The highest BCUT2D eigenvalue weighted by Gasteiger charge is 1.97. The molecular weight excluding hydrogens is 114 g/mol. The van der Waals surface area contributed by atoms with Gasteiger partial charge in [0.1, 0.15) is 0 Å². The van der Waals surface area contributed by atoms with Crippen LogP contribution in [-0.4, -0.2) is 18.3 Å². The van der Waals surface area contributed by atoms with Crippen molar-refractivity contribution in [3.8, 4) is 0 Å². The third-order valence-electron chi connectivity index (χ3n) is 1.32. The summed E-state index contributed by atoms with van der Waals surface area (Å²) >= 11 is 0. The van der Waals surface area contributed by atoms with Crippen LogP contribution in [-0.2, 0) is 0 Å². The van der Waals surface area contributed by atoms with Crippen LogP contribution in [0.15, 0.2) is 0 Å². The van der Waals surface area contributed by atoms with E-state index in [4.69, 9.17) is 10.8 Å². The molecule has 0 aliphatic heterocycles. The highest BCUT2D eigenvalue weighted by molar-refractivity contribution is 4.58. The van der Waals surface area contributed by atoms with E-state index in [9.17, 15) is 0 Å². The Kier molecular flexibility index (Phi) is 5.99. The standard InChI is InChI=1S/C7H16NO/c1-7(6-9)4-2-3-5-8/h7,9H,1-6,8H2. The monoisotopic (exact) mass is 130 g/mol. The summed E-state index contributed by atoms with van der Waals surface area (Å²) in [6.45, 7) is 4.68. The summed E-state index contributed by atoms with van der Waals surface area (Å²) in [5.41, 5.74) is 5.27. The van der Waals surface area contributed by atoms with E-state index in [1.807, 2.05) is 0 Å². The maximum absolute atomic E-state index is 8.54. The van der Waals surface area contributed by atoms with Crippen LogP contribution in [0.25, 0.3) is 0 Å². The topological polar surface area (TPSA) is 46.2 Å². The number of aliphatic hydroxyl groups is 1. The van der Waals surface area contributed by atoms with E-state index >= 15 is 0 Å². The second kappa shape index (κ2) is 6.05. The van der Waals surface area contributed by atoms with Crippen molar-refractivity contribution in [3.63, 3.8) is 0 Å². The van der Waals surface area contributed by atoms with Gasteiger partial charge in [0.15, 0.2) is 0 Å². The van der Waals surface area contributed by atoms with E-state index in [1.54, 1.807) is 0 Å². The Labute approximate surface area is 57.1 Å². The Balaban J connectivity index is 2.88. The molecule has 0 aromatic rings. The molecule has 0 saturated heterocycles. The largest absolute Gasteiger partial charge is 0.396 e. The van der Waals surface area contributed by atoms with E-state index in [1.165, 1.54) is 0 Å². The summed E-state index contributed by atoms with van der Waals surface area (Å²) < 4.78 is 0. The normalized spacial score (nSPS) is 13.7. The minimum atomic E-state index is 0.199. The fraction of sp³-hybridized carbons (Fsp3) is 0.857. The van der Waals surface area contributed by atoms with Gasteiger partial charge in [-0.15, -0.1) is 0 Å². The van der Waals surface area contributed by atoms with Crippen molar-refractivity contribution in [3.05, 3.63) is 6.92 Å². The molecule has 0 spiro atoms. The zero-order valence-electron chi connectivity index (χ0n) is 5.84. The molecule has 0 bridgehead atoms. The zero-order chi connectivity index (χ0) is 7.11. The Hall–Kier alpha value is -0.0800. The number of unbranched alkanes of at least 4 members (excludes halogenated alkanes) is 1. The molecule has 55 valence electrons. The van der Waals surface area contributed by atoms with Gasteiger partial charge in [0, 0.05) is 6.61 Å². The molecule has 2 heteroatoms. The lowest BCUT2D eigenvalue weighted by molar-refractivity contribution is 0.242. The van der Waals surface area contributed by atoms with Crippen molar-refractivity contribution in [2.75, 3.05) is 13.2 Å². The van der Waals surface area contributed by atoms with Gasteiger partial charge in [-0.25, -0.2) is 0 Å². The number of rotatable bonds is 5. The second-order valence-electron chi connectivity index (χ2n) is 2.33. The molecule has 0 aromatic heterocycles. The number of hydrogen-bond donors (Lipinski definition) is 2. The van der Waals surface area contributed by atoms with Gasteiger partial charge in [-0.3, -0.25) is 0 Å². The Morgan fingerprint density at radius 3 is 2.56 bits per heavy atom. The molecule has 3 N–H and O–H groups in total. The Morgan fingerprint density at radius 2 is 2.11 bits per heavy atom. The second-order valence-corrected chi connectivity index (χ2v) is 2.33. The lowest BCUT2D eigenvalue weighted by atomic mass is 10.1. The van der Waals surface area contributed by atoms with Crippen molar-refractivity contribution in [1.82, 2.24) is 0 Å². The maximum atomic E-state index is 8.54. The van der Waals surface area contributed by atoms with Gasteiger partial charge in [0.05, 0.1) is 0 Å². The number of hydrogen-bond acceptors (Lipinski definition) is 2. The van der Waals surface area contributed by atoms with Crippen molar-refractivity contribution in [2.45, 2.75) is 19.3 Å². The van der Waals surface area contributed by atoms with Crippen LogP contribution in [0, 0.1) is 12.8 Å². The molecule has 0 saturated carbocycles. The first-order valence-electron chi connectivity index (χ1n) is 3.45. The van der Waals surface area contributed by atoms with Crippen LogP contribution in [0.2, 0.25) is 0 Å². The lowest BCUT2D eigenvalue weighted by Gasteiger charge is -2.04. The SMILES string of the molecule is [CH2]C(CO)CCCCN. The molecule has 1 atom stereocenters. The van der Waals surface area contributed by atoms with Crippen molar-refractivity contribution in [1.29, 1.82) is 0 Å². The quantitative estimate of drug-likeness (QED) is 0.534. The van der Waals surface area contributed by atoms with Crippen LogP contribution in [0.1, 0.15) is 19.3 Å². The summed E-state index contributed by atoms with van der Waals surface area (Å²) in [4.78, 5) is 0. The average molecular weight is 130 g/mol. The van der Waals surface area contributed by atoms with Crippen LogP contribution < -0.4 is 5.73 Å². The van der Waals surface area contributed by atoms with Crippen molar-refractivity contribution >= 4 is 0 Å². The van der Waals surface area contributed by atoms with Gasteiger partial charge < -0.3 is 10.8 Å². The minimum Gasteiger partial charge on any atom is -0.396 e. The molecule has 0 heterocycles. The predicted molar refractivity (Wildman–Crippen MR) is 38.8 cm³/mol. The average Bonchev–Trinajstić information content (AvgIpc) is 1.89. The summed E-state index contributed by atoms with van der Waals surface area (Å²) in [6, 6.07) is 0. The first kappa shape index (κ1) is 8.92. The van der Waals surface area contributed by atoms with E-state index in [-0.39, 0.29) is 12.5 Å². The number of nitrogens with two attached hydrogens (primary N) is 1. The highest BCUT2D eigenvalue weighted by Crippen LogP contribution is 2.04. The van der Waals surface area contributed by atoms with E-state index < -0.39 is 0 Å². The van der Waals surface area contributed by atoms with Crippen LogP contribution in [0.3, 0.4) is 0 Å². The zero-order valence-corrected chi connectivity index (χ0v) is 5.84. The van der Waals surface area contributed by atoms with Gasteiger partial charge in [-0.2, -0.15) is 0 Å².